The van der Waals surface area contributed by atoms with Crippen LogP contribution in [0.5, 0.6) is 0 Å². The molecule has 1 nitrogen and oxygen atoms in total. The maximum Gasteiger partial charge on any atom is 0.191 e. The van der Waals surface area contributed by atoms with Gasteiger partial charge in [-0.05, 0) is 47.9 Å². The molecule has 0 N–H and O–H groups in total. The molecule has 0 amide bonds. The molecule has 0 unspecified atom stereocenters. The minimum Gasteiger partial charge on any atom is -0.417 e. The first-order valence-electron chi connectivity index (χ1n) is 7.91. The Kier molecular flexibility index (Phi) is 4.46. The summed E-state index contributed by atoms with van der Waals surface area (Å²) in [4.78, 5) is 0. The first kappa shape index (κ1) is 15.8. The fraction of sp³-hybridized carbons (Fsp3) is 0.667. The topological polar surface area (TPSA) is 9.23 Å². The zero-order valence-electron chi connectivity index (χ0n) is 13.9. The number of benzene rings is 1. The maximum atomic E-state index is 6.37. The van der Waals surface area contributed by atoms with Crippen molar-refractivity contribution in [2.45, 2.75) is 58.2 Å². The second-order valence-corrected chi connectivity index (χ2v) is 12.7. The lowest BCUT2D eigenvalue weighted by molar-refractivity contribution is 0.262. The van der Waals surface area contributed by atoms with Gasteiger partial charge in [-0.3, -0.25) is 0 Å². The van der Waals surface area contributed by atoms with E-state index in [1.165, 1.54) is 12.0 Å². The first-order chi connectivity index (χ1) is 9.22. The monoisotopic (exact) mass is 290 g/mol. The van der Waals surface area contributed by atoms with E-state index >= 15 is 0 Å². The summed E-state index contributed by atoms with van der Waals surface area (Å²) in [5.41, 5.74) is 1.48. The molecule has 0 radical (unpaired) electrons. The van der Waals surface area contributed by atoms with Crippen molar-refractivity contribution in [2.75, 3.05) is 6.61 Å². The van der Waals surface area contributed by atoms with Crippen LogP contribution in [0.25, 0.3) is 0 Å². The summed E-state index contributed by atoms with van der Waals surface area (Å²) in [6.07, 6.45) is 1.34. The van der Waals surface area contributed by atoms with Crippen LogP contribution in [-0.2, 0) is 4.43 Å². The van der Waals surface area contributed by atoms with Gasteiger partial charge in [-0.2, -0.15) is 0 Å². The van der Waals surface area contributed by atoms with E-state index in [0.717, 1.165) is 18.4 Å². The molecule has 2 heteroatoms. The summed E-state index contributed by atoms with van der Waals surface area (Å²) in [7, 11) is -1.57. The lowest BCUT2D eigenvalue weighted by atomic mass is 9.95. The summed E-state index contributed by atoms with van der Waals surface area (Å²) in [6, 6.07) is 10.9. The predicted molar refractivity (Wildman–Crippen MR) is 89.6 cm³/mol. The van der Waals surface area contributed by atoms with Gasteiger partial charge < -0.3 is 4.43 Å². The molecule has 20 heavy (non-hydrogen) atoms. The van der Waals surface area contributed by atoms with Gasteiger partial charge in [0.05, 0.1) is 0 Å². The third kappa shape index (κ3) is 3.53. The van der Waals surface area contributed by atoms with Gasteiger partial charge in [0.1, 0.15) is 0 Å². The van der Waals surface area contributed by atoms with Crippen LogP contribution in [0.1, 0.15) is 45.6 Å². The van der Waals surface area contributed by atoms with Gasteiger partial charge in [0.15, 0.2) is 8.32 Å². The van der Waals surface area contributed by atoms with Crippen molar-refractivity contribution in [1.82, 2.24) is 0 Å². The highest BCUT2D eigenvalue weighted by Gasteiger charge is 2.44. The van der Waals surface area contributed by atoms with E-state index in [2.05, 4.69) is 71.1 Å². The fourth-order valence-electron chi connectivity index (χ4n) is 2.61. The molecule has 0 aliphatic heterocycles. The Morgan fingerprint density at radius 2 is 1.80 bits per heavy atom. The van der Waals surface area contributed by atoms with Crippen molar-refractivity contribution in [3.05, 3.63) is 35.9 Å². The summed E-state index contributed by atoms with van der Waals surface area (Å²) in [5, 5.41) is 0.322. The van der Waals surface area contributed by atoms with E-state index in [1.54, 1.807) is 0 Å². The van der Waals surface area contributed by atoms with Crippen LogP contribution in [0, 0.1) is 11.8 Å². The van der Waals surface area contributed by atoms with Crippen LogP contribution in [0.3, 0.4) is 0 Å². The van der Waals surface area contributed by atoms with Crippen LogP contribution in [0.15, 0.2) is 30.3 Å². The van der Waals surface area contributed by atoms with Crippen LogP contribution in [0.2, 0.25) is 18.1 Å². The highest BCUT2D eigenvalue weighted by atomic mass is 28.4. The average Bonchev–Trinajstić information content (AvgIpc) is 3.15. The molecular weight excluding hydrogens is 260 g/mol. The average molecular weight is 291 g/mol. The zero-order valence-corrected chi connectivity index (χ0v) is 14.9. The molecule has 2 rings (SSSR count). The van der Waals surface area contributed by atoms with E-state index in [-0.39, 0.29) is 0 Å². The van der Waals surface area contributed by atoms with Gasteiger partial charge in [-0.1, -0.05) is 58.0 Å². The summed E-state index contributed by atoms with van der Waals surface area (Å²) < 4.78 is 6.37. The van der Waals surface area contributed by atoms with Crippen molar-refractivity contribution >= 4 is 8.32 Å². The Balaban J connectivity index is 1.84. The smallest absolute Gasteiger partial charge is 0.191 e. The molecule has 3 atom stereocenters. The van der Waals surface area contributed by atoms with Crippen LogP contribution in [-0.4, -0.2) is 14.9 Å². The molecule has 0 saturated heterocycles. The Hall–Kier alpha value is -0.603. The Morgan fingerprint density at radius 1 is 1.20 bits per heavy atom. The van der Waals surface area contributed by atoms with E-state index in [4.69, 9.17) is 4.43 Å². The Morgan fingerprint density at radius 3 is 2.35 bits per heavy atom. The quantitative estimate of drug-likeness (QED) is 0.655. The minimum absolute atomic E-state index is 0.322. The van der Waals surface area contributed by atoms with Gasteiger partial charge in [0.2, 0.25) is 0 Å². The zero-order chi connectivity index (χ0) is 15.0. The molecule has 0 spiro atoms. The lowest BCUT2D eigenvalue weighted by Gasteiger charge is -2.36. The molecule has 0 aromatic heterocycles. The molecule has 1 aliphatic carbocycles. The molecule has 1 saturated carbocycles. The summed E-state index contributed by atoms with van der Waals surface area (Å²) >= 11 is 0. The summed E-state index contributed by atoms with van der Waals surface area (Å²) in [6.45, 7) is 15.0. The molecular formula is C18H30OSi. The van der Waals surface area contributed by atoms with Crippen LogP contribution in [0.4, 0.5) is 0 Å². The van der Waals surface area contributed by atoms with Gasteiger partial charge in [0.25, 0.3) is 0 Å². The van der Waals surface area contributed by atoms with Gasteiger partial charge >= 0.3 is 0 Å². The van der Waals surface area contributed by atoms with E-state index < -0.39 is 8.32 Å². The standard InChI is InChI=1S/C18H30OSi/c1-14(15-10-8-7-9-11-15)17-12-16(17)13-19-20(5,6)18(2,3)4/h7-11,14,16-17H,12-13H2,1-6H3/t14-,16-,17+/m1/s1. The van der Waals surface area contributed by atoms with Gasteiger partial charge in [-0.15, -0.1) is 0 Å². The highest BCUT2D eigenvalue weighted by molar-refractivity contribution is 6.74. The number of hydrogen-bond acceptors (Lipinski definition) is 1. The van der Waals surface area contributed by atoms with Crippen molar-refractivity contribution in [2.24, 2.45) is 11.8 Å². The van der Waals surface area contributed by atoms with E-state index in [9.17, 15) is 0 Å². The maximum absolute atomic E-state index is 6.37. The highest BCUT2D eigenvalue weighted by Crippen LogP contribution is 2.49. The molecule has 1 aromatic carbocycles. The van der Waals surface area contributed by atoms with Crippen molar-refractivity contribution in [1.29, 1.82) is 0 Å². The third-order valence-electron chi connectivity index (χ3n) is 5.41. The second-order valence-electron chi connectivity index (χ2n) is 7.93. The molecule has 1 fully saturated rings. The molecule has 0 bridgehead atoms. The number of rotatable bonds is 5. The van der Waals surface area contributed by atoms with Crippen LogP contribution >= 0.6 is 0 Å². The Labute approximate surface area is 125 Å². The van der Waals surface area contributed by atoms with E-state index in [1.807, 2.05) is 0 Å². The predicted octanol–water partition coefficient (Wildman–Crippen LogP) is 5.45. The normalized spacial score (nSPS) is 24.5. The van der Waals surface area contributed by atoms with Gasteiger partial charge in [-0.25, -0.2) is 0 Å². The molecule has 1 aromatic rings. The van der Waals surface area contributed by atoms with E-state index in [0.29, 0.717) is 11.0 Å². The number of hydrogen-bond donors (Lipinski definition) is 0. The Bertz CT molecular complexity index is 432. The van der Waals surface area contributed by atoms with Gasteiger partial charge in [0, 0.05) is 6.61 Å². The molecule has 0 heterocycles. The third-order valence-corrected chi connectivity index (χ3v) is 9.91. The molecule has 1 aliphatic rings. The SMILES string of the molecule is C[C@H](c1ccccc1)[C@@H]1C[C@@H]1CO[Si](C)(C)C(C)(C)C. The van der Waals surface area contributed by atoms with Crippen molar-refractivity contribution in [3.8, 4) is 0 Å². The lowest BCUT2D eigenvalue weighted by Crippen LogP contribution is -2.41. The van der Waals surface area contributed by atoms with Crippen LogP contribution < -0.4 is 0 Å². The minimum atomic E-state index is -1.57. The molecule has 112 valence electrons. The summed E-state index contributed by atoms with van der Waals surface area (Å²) in [5.74, 6) is 2.27. The van der Waals surface area contributed by atoms with Crippen molar-refractivity contribution in [3.63, 3.8) is 0 Å². The largest absolute Gasteiger partial charge is 0.417 e. The second kappa shape index (κ2) is 5.65. The first-order valence-corrected chi connectivity index (χ1v) is 10.8. The fourth-order valence-corrected chi connectivity index (χ4v) is 3.67. The van der Waals surface area contributed by atoms with Crippen molar-refractivity contribution < 1.29 is 4.43 Å².